The second-order valence-corrected chi connectivity index (χ2v) is 3.68. The summed E-state index contributed by atoms with van der Waals surface area (Å²) < 4.78 is 5.11. The van der Waals surface area contributed by atoms with Crippen LogP contribution in [-0.2, 0) is 9.53 Å². The Kier molecular flexibility index (Phi) is 3.57. The van der Waals surface area contributed by atoms with E-state index in [1.807, 2.05) is 6.92 Å². The van der Waals surface area contributed by atoms with Crippen molar-refractivity contribution in [3.63, 3.8) is 0 Å². The van der Waals surface area contributed by atoms with Gasteiger partial charge in [-0.15, -0.1) is 0 Å². The van der Waals surface area contributed by atoms with Gasteiger partial charge in [0, 0.05) is 0 Å². The normalized spacial score (nSPS) is 28.8. The second kappa shape index (κ2) is 4.48. The smallest absolute Gasteiger partial charge is 0.309 e. The Bertz CT molecular complexity index is 154. The first-order chi connectivity index (χ1) is 5.75. The van der Waals surface area contributed by atoms with Crippen LogP contribution in [0.4, 0.5) is 0 Å². The summed E-state index contributed by atoms with van der Waals surface area (Å²) in [4.78, 5) is 11.4. The Labute approximate surface area is 74.3 Å². The first-order valence-corrected chi connectivity index (χ1v) is 4.92. The Morgan fingerprint density at radius 3 is 2.75 bits per heavy atom. The van der Waals surface area contributed by atoms with E-state index in [0.29, 0.717) is 12.5 Å². The first kappa shape index (κ1) is 9.56. The van der Waals surface area contributed by atoms with Crippen molar-refractivity contribution < 1.29 is 9.53 Å². The fraction of sp³-hybridized carbons (Fsp3) is 0.900. The summed E-state index contributed by atoms with van der Waals surface area (Å²) >= 11 is 0. The van der Waals surface area contributed by atoms with Gasteiger partial charge in [0.2, 0.25) is 0 Å². The van der Waals surface area contributed by atoms with Crippen LogP contribution in [-0.4, -0.2) is 12.6 Å². The van der Waals surface area contributed by atoms with Crippen molar-refractivity contribution >= 4 is 5.97 Å². The summed E-state index contributed by atoms with van der Waals surface area (Å²) in [5.41, 5.74) is 0. The predicted octanol–water partition coefficient (Wildman–Crippen LogP) is 2.38. The minimum atomic E-state index is 0.0295. The van der Waals surface area contributed by atoms with E-state index < -0.39 is 0 Å². The molecule has 0 aromatic rings. The van der Waals surface area contributed by atoms with E-state index in [0.717, 1.165) is 12.8 Å². The zero-order valence-electron chi connectivity index (χ0n) is 8.01. The molecule has 0 amide bonds. The van der Waals surface area contributed by atoms with Crippen molar-refractivity contribution in [1.82, 2.24) is 0 Å². The van der Waals surface area contributed by atoms with Gasteiger partial charge in [-0.3, -0.25) is 4.79 Å². The average molecular weight is 170 g/mol. The average Bonchev–Trinajstić information content (AvgIpc) is 2.47. The van der Waals surface area contributed by atoms with Crippen LogP contribution in [0, 0.1) is 11.8 Å². The molecule has 2 nitrogen and oxygen atoms in total. The number of esters is 1. The molecule has 70 valence electrons. The fourth-order valence-electron chi connectivity index (χ4n) is 1.81. The fourth-order valence-corrected chi connectivity index (χ4v) is 1.81. The Hall–Kier alpha value is -0.530. The molecule has 1 unspecified atom stereocenters. The zero-order chi connectivity index (χ0) is 8.97. The van der Waals surface area contributed by atoms with Crippen molar-refractivity contribution in [2.24, 2.45) is 11.8 Å². The Balaban J connectivity index is 2.30. The van der Waals surface area contributed by atoms with Crippen molar-refractivity contribution in [2.75, 3.05) is 6.61 Å². The number of rotatable bonds is 3. The molecular formula is C10H18O2. The minimum absolute atomic E-state index is 0.0295. The Morgan fingerprint density at radius 2 is 2.25 bits per heavy atom. The lowest BCUT2D eigenvalue weighted by molar-refractivity contribution is -0.149. The molecule has 0 aromatic heterocycles. The van der Waals surface area contributed by atoms with Gasteiger partial charge in [0.1, 0.15) is 0 Å². The van der Waals surface area contributed by atoms with E-state index in [9.17, 15) is 4.79 Å². The standard InChI is InChI=1S/C10H18O2/c1-3-7-12-10(11)9-6-4-5-8(9)2/h8-9H,3-7H2,1-2H3/t8-,9?/m0/s1. The SMILES string of the molecule is CCCOC(=O)C1CCC[C@@H]1C. The topological polar surface area (TPSA) is 26.3 Å². The van der Waals surface area contributed by atoms with Crippen molar-refractivity contribution in [1.29, 1.82) is 0 Å². The summed E-state index contributed by atoms with van der Waals surface area (Å²) in [7, 11) is 0. The summed E-state index contributed by atoms with van der Waals surface area (Å²) in [6, 6.07) is 0. The van der Waals surface area contributed by atoms with Crippen LogP contribution in [0.3, 0.4) is 0 Å². The predicted molar refractivity (Wildman–Crippen MR) is 47.8 cm³/mol. The minimum Gasteiger partial charge on any atom is -0.465 e. The summed E-state index contributed by atoms with van der Waals surface area (Å²) in [6.45, 7) is 4.75. The molecule has 0 saturated heterocycles. The van der Waals surface area contributed by atoms with Gasteiger partial charge in [0.15, 0.2) is 0 Å². The number of hydrogen-bond donors (Lipinski definition) is 0. The van der Waals surface area contributed by atoms with Crippen LogP contribution >= 0.6 is 0 Å². The highest BCUT2D eigenvalue weighted by Crippen LogP contribution is 2.31. The highest BCUT2D eigenvalue weighted by Gasteiger charge is 2.30. The van der Waals surface area contributed by atoms with Crippen molar-refractivity contribution in [3.8, 4) is 0 Å². The maximum Gasteiger partial charge on any atom is 0.309 e. The summed E-state index contributed by atoms with van der Waals surface area (Å²) in [5.74, 6) is 0.757. The van der Waals surface area contributed by atoms with Crippen LogP contribution in [0.5, 0.6) is 0 Å². The summed E-state index contributed by atoms with van der Waals surface area (Å²) in [5, 5.41) is 0. The van der Waals surface area contributed by atoms with Crippen LogP contribution in [0.15, 0.2) is 0 Å². The van der Waals surface area contributed by atoms with E-state index in [1.165, 1.54) is 12.8 Å². The maximum absolute atomic E-state index is 11.4. The molecule has 12 heavy (non-hydrogen) atoms. The molecule has 0 heterocycles. The van der Waals surface area contributed by atoms with Gasteiger partial charge in [-0.1, -0.05) is 20.3 Å². The van der Waals surface area contributed by atoms with Crippen LogP contribution in [0.2, 0.25) is 0 Å². The number of ether oxygens (including phenoxy) is 1. The van der Waals surface area contributed by atoms with Gasteiger partial charge in [-0.25, -0.2) is 0 Å². The van der Waals surface area contributed by atoms with E-state index in [1.54, 1.807) is 0 Å². The molecule has 0 bridgehead atoms. The molecule has 1 aliphatic carbocycles. The number of carbonyl (C=O) groups is 1. The molecule has 0 aromatic carbocycles. The molecule has 2 heteroatoms. The maximum atomic E-state index is 11.4. The van der Waals surface area contributed by atoms with E-state index in [-0.39, 0.29) is 11.9 Å². The molecule has 1 rings (SSSR count). The van der Waals surface area contributed by atoms with E-state index >= 15 is 0 Å². The molecular weight excluding hydrogens is 152 g/mol. The second-order valence-electron chi connectivity index (χ2n) is 3.68. The van der Waals surface area contributed by atoms with Gasteiger partial charge in [0.25, 0.3) is 0 Å². The lowest BCUT2D eigenvalue weighted by Gasteiger charge is -2.13. The zero-order valence-corrected chi connectivity index (χ0v) is 8.01. The molecule has 1 fully saturated rings. The lowest BCUT2D eigenvalue weighted by Crippen LogP contribution is -2.20. The molecule has 2 atom stereocenters. The monoisotopic (exact) mass is 170 g/mol. The molecule has 1 saturated carbocycles. The van der Waals surface area contributed by atoms with Gasteiger partial charge in [-0.2, -0.15) is 0 Å². The van der Waals surface area contributed by atoms with Crippen molar-refractivity contribution in [3.05, 3.63) is 0 Å². The third-order valence-electron chi connectivity index (χ3n) is 2.61. The van der Waals surface area contributed by atoms with Gasteiger partial charge < -0.3 is 4.74 Å². The lowest BCUT2D eigenvalue weighted by atomic mass is 9.99. The van der Waals surface area contributed by atoms with Gasteiger partial charge >= 0.3 is 5.97 Å². The van der Waals surface area contributed by atoms with Crippen molar-refractivity contribution in [2.45, 2.75) is 39.5 Å². The molecule has 0 spiro atoms. The highest BCUT2D eigenvalue weighted by atomic mass is 16.5. The van der Waals surface area contributed by atoms with Crippen LogP contribution in [0.1, 0.15) is 39.5 Å². The summed E-state index contributed by atoms with van der Waals surface area (Å²) in [6.07, 6.45) is 4.33. The van der Waals surface area contributed by atoms with Gasteiger partial charge in [0.05, 0.1) is 12.5 Å². The Morgan fingerprint density at radius 1 is 1.50 bits per heavy atom. The first-order valence-electron chi connectivity index (χ1n) is 4.92. The third-order valence-corrected chi connectivity index (χ3v) is 2.61. The van der Waals surface area contributed by atoms with E-state index in [4.69, 9.17) is 4.74 Å². The van der Waals surface area contributed by atoms with Crippen LogP contribution in [0.25, 0.3) is 0 Å². The van der Waals surface area contributed by atoms with E-state index in [2.05, 4.69) is 6.92 Å². The number of hydrogen-bond acceptors (Lipinski definition) is 2. The largest absolute Gasteiger partial charge is 0.465 e. The molecule has 0 N–H and O–H groups in total. The molecule has 0 aliphatic heterocycles. The highest BCUT2D eigenvalue weighted by molar-refractivity contribution is 5.73. The van der Waals surface area contributed by atoms with Crippen LogP contribution < -0.4 is 0 Å². The quantitative estimate of drug-likeness (QED) is 0.608. The third kappa shape index (κ3) is 2.23. The molecule has 0 radical (unpaired) electrons. The molecule has 1 aliphatic rings. The number of carbonyl (C=O) groups excluding carboxylic acids is 1. The van der Waals surface area contributed by atoms with Gasteiger partial charge in [-0.05, 0) is 25.2 Å².